The van der Waals surface area contributed by atoms with Crippen LogP contribution in [0.3, 0.4) is 0 Å². The Kier molecular flexibility index (Phi) is 5.82. The van der Waals surface area contributed by atoms with Crippen molar-refractivity contribution in [3.8, 4) is 5.69 Å². The highest BCUT2D eigenvalue weighted by Gasteiger charge is 2.52. The average Bonchev–Trinajstić information content (AvgIpc) is 3.58. The fourth-order valence-electron chi connectivity index (χ4n) is 4.06. The predicted molar refractivity (Wildman–Crippen MR) is 126 cm³/mol. The summed E-state index contributed by atoms with van der Waals surface area (Å²) >= 11 is 1.17. The van der Waals surface area contributed by atoms with Gasteiger partial charge in [0.05, 0.1) is 11.4 Å². The minimum atomic E-state index is -1.20. The van der Waals surface area contributed by atoms with Gasteiger partial charge in [0.15, 0.2) is 0 Å². The van der Waals surface area contributed by atoms with Gasteiger partial charge >= 0.3 is 6.03 Å². The van der Waals surface area contributed by atoms with Crippen LogP contribution in [0.4, 0.5) is 4.79 Å². The van der Waals surface area contributed by atoms with Crippen molar-refractivity contribution in [2.24, 2.45) is 0 Å². The summed E-state index contributed by atoms with van der Waals surface area (Å²) in [5.74, 6) is 0.232. The smallest absolute Gasteiger partial charge is 0.318 e. The van der Waals surface area contributed by atoms with Gasteiger partial charge in [0.1, 0.15) is 11.4 Å². The van der Waals surface area contributed by atoms with Crippen LogP contribution in [-0.4, -0.2) is 43.4 Å². The summed E-state index contributed by atoms with van der Waals surface area (Å²) in [6.45, 7) is 1.82. The number of hydrogen-bond acceptors (Lipinski definition) is 6. The lowest BCUT2D eigenvalue weighted by Gasteiger charge is -2.25. The third kappa shape index (κ3) is 4.05. The number of hydrazine groups is 1. The van der Waals surface area contributed by atoms with E-state index in [1.807, 2.05) is 60.1 Å². The van der Waals surface area contributed by atoms with Crippen LogP contribution in [0, 0.1) is 0 Å². The summed E-state index contributed by atoms with van der Waals surface area (Å²) in [5, 5.41) is 8.57. The number of carbonyl (C=O) groups is 3. The lowest BCUT2D eigenvalue weighted by atomic mass is 9.87. The van der Waals surface area contributed by atoms with Crippen molar-refractivity contribution in [3.05, 3.63) is 72.1 Å². The molecule has 1 saturated heterocycles. The first-order valence-corrected chi connectivity index (χ1v) is 12.2. The van der Waals surface area contributed by atoms with Crippen LogP contribution in [0.15, 0.2) is 65.8 Å². The number of imide groups is 1. The molecule has 2 N–H and O–H groups in total. The molecule has 2 aromatic carbocycles. The Morgan fingerprint density at radius 2 is 1.79 bits per heavy atom. The Morgan fingerprint density at radius 1 is 1.12 bits per heavy atom. The van der Waals surface area contributed by atoms with Gasteiger partial charge in [-0.3, -0.25) is 15.0 Å². The van der Waals surface area contributed by atoms with Gasteiger partial charge < -0.3 is 5.32 Å². The van der Waals surface area contributed by atoms with E-state index in [2.05, 4.69) is 20.8 Å². The normalized spacial score (nSPS) is 19.9. The molecule has 0 radical (unpaired) electrons. The van der Waals surface area contributed by atoms with E-state index in [4.69, 9.17) is 0 Å². The first-order valence-electron chi connectivity index (χ1n) is 11.2. The Morgan fingerprint density at radius 3 is 2.44 bits per heavy atom. The van der Waals surface area contributed by atoms with E-state index < -0.39 is 23.4 Å². The number of rotatable bonds is 8. The third-order valence-electron chi connectivity index (χ3n) is 6.01. The Bertz CT molecular complexity index is 1230. The lowest BCUT2D eigenvalue weighted by molar-refractivity contribution is -0.138. The third-order valence-corrected chi connectivity index (χ3v) is 6.85. The Hall–Kier alpha value is -3.66. The monoisotopic (exact) mass is 476 g/mol. The molecule has 1 aromatic heterocycles. The highest BCUT2D eigenvalue weighted by atomic mass is 32.2. The highest BCUT2D eigenvalue weighted by molar-refractivity contribution is 7.99. The Labute approximate surface area is 200 Å². The van der Waals surface area contributed by atoms with E-state index in [0.717, 1.165) is 29.4 Å². The molecular weight excluding hydrogens is 452 g/mol. The van der Waals surface area contributed by atoms with Gasteiger partial charge in [0, 0.05) is 5.92 Å². The molecule has 1 atom stereocenters. The van der Waals surface area contributed by atoms with Gasteiger partial charge in [-0.15, -0.1) is 5.10 Å². The van der Waals surface area contributed by atoms with Crippen LogP contribution >= 0.6 is 11.8 Å². The molecule has 1 aliphatic heterocycles. The molecule has 1 aliphatic carbocycles. The van der Waals surface area contributed by atoms with E-state index in [-0.39, 0.29) is 5.75 Å². The van der Waals surface area contributed by atoms with Crippen LogP contribution in [0.1, 0.15) is 43.5 Å². The molecule has 174 valence electrons. The number of urea groups is 1. The number of amides is 4. The van der Waals surface area contributed by atoms with Gasteiger partial charge in [0.2, 0.25) is 11.1 Å². The number of nitrogens with one attached hydrogen (secondary N) is 2. The van der Waals surface area contributed by atoms with Crippen molar-refractivity contribution in [1.29, 1.82) is 0 Å². The molecule has 0 bridgehead atoms. The van der Waals surface area contributed by atoms with Gasteiger partial charge in [-0.1, -0.05) is 67.2 Å². The first-order chi connectivity index (χ1) is 16.5. The van der Waals surface area contributed by atoms with Crippen molar-refractivity contribution in [2.45, 2.75) is 42.8 Å². The maximum Gasteiger partial charge on any atom is 0.344 e. The maximum absolute atomic E-state index is 13.2. The number of benzene rings is 2. The van der Waals surface area contributed by atoms with Crippen molar-refractivity contribution >= 4 is 29.6 Å². The molecule has 34 heavy (non-hydrogen) atoms. The number of aromatic nitrogens is 3. The van der Waals surface area contributed by atoms with E-state index in [0.29, 0.717) is 23.1 Å². The molecule has 3 aromatic rings. The standard InChI is InChI=1S/C24H24N6O3S/c1-2-24(17-9-5-3-6-10-17)21(32)30(23(33)26-24)27-19(31)15-34-22-25-20(16-13-14-16)29(28-22)18-11-7-4-8-12-18/h3-12,16H,2,13-15H2,1H3,(H,26,33)(H,27,31)/t24-/m0/s1. The highest BCUT2D eigenvalue weighted by Crippen LogP contribution is 2.40. The summed E-state index contributed by atoms with van der Waals surface area (Å²) < 4.78 is 1.82. The molecule has 2 aliphatic rings. The minimum absolute atomic E-state index is 0.0373. The molecule has 4 amide bonds. The number of nitrogens with zero attached hydrogens (tertiary/aromatic N) is 4. The summed E-state index contributed by atoms with van der Waals surface area (Å²) in [6.07, 6.45) is 2.50. The van der Waals surface area contributed by atoms with Gasteiger partial charge in [-0.05, 0) is 37.0 Å². The van der Waals surface area contributed by atoms with Crippen LogP contribution in [0.2, 0.25) is 0 Å². The molecule has 5 rings (SSSR count). The fraction of sp³-hybridized carbons (Fsp3) is 0.292. The quantitative estimate of drug-likeness (QED) is 0.382. The fourth-order valence-corrected chi connectivity index (χ4v) is 4.68. The summed E-state index contributed by atoms with van der Waals surface area (Å²) in [6, 6.07) is 18.1. The van der Waals surface area contributed by atoms with Gasteiger partial charge in [-0.2, -0.15) is 5.01 Å². The van der Waals surface area contributed by atoms with Crippen molar-refractivity contribution in [1.82, 2.24) is 30.5 Å². The molecule has 9 nitrogen and oxygen atoms in total. The van der Waals surface area contributed by atoms with Crippen LogP contribution in [-0.2, 0) is 15.1 Å². The van der Waals surface area contributed by atoms with E-state index >= 15 is 0 Å². The zero-order chi connectivity index (χ0) is 23.7. The average molecular weight is 477 g/mol. The molecule has 0 spiro atoms. The molecule has 1 saturated carbocycles. The lowest BCUT2D eigenvalue weighted by Crippen LogP contribution is -2.49. The van der Waals surface area contributed by atoms with Crippen LogP contribution in [0.5, 0.6) is 0 Å². The summed E-state index contributed by atoms with van der Waals surface area (Å²) in [7, 11) is 0. The molecule has 2 heterocycles. The van der Waals surface area contributed by atoms with Crippen LogP contribution in [0.25, 0.3) is 5.69 Å². The zero-order valence-corrected chi connectivity index (χ0v) is 19.4. The maximum atomic E-state index is 13.2. The molecule has 10 heteroatoms. The first kappa shape index (κ1) is 22.1. The predicted octanol–water partition coefficient (Wildman–Crippen LogP) is 3.13. The van der Waals surface area contributed by atoms with Gasteiger partial charge in [-0.25, -0.2) is 14.5 Å². The minimum Gasteiger partial charge on any atom is -0.318 e. The second-order valence-corrected chi connectivity index (χ2v) is 9.24. The van der Waals surface area contributed by atoms with E-state index in [1.54, 1.807) is 12.1 Å². The van der Waals surface area contributed by atoms with Crippen LogP contribution < -0.4 is 10.7 Å². The zero-order valence-electron chi connectivity index (χ0n) is 18.6. The topological polar surface area (TPSA) is 109 Å². The second-order valence-electron chi connectivity index (χ2n) is 8.29. The van der Waals surface area contributed by atoms with Crippen molar-refractivity contribution in [2.75, 3.05) is 5.75 Å². The van der Waals surface area contributed by atoms with E-state index in [9.17, 15) is 14.4 Å². The molecule has 2 fully saturated rings. The number of thioether (sulfide) groups is 1. The number of hydrogen-bond donors (Lipinski definition) is 2. The molecule has 0 unspecified atom stereocenters. The Balaban J connectivity index is 1.26. The summed E-state index contributed by atoms with van der Waals surface area (Å²) in [4.78, 5) is 43.0. The van der Waals surface area contributed by atoms with Crippen molar-refractivity contribution in [3.63, 3.8) is 0 Å². The largest absolute Gasteiger partial charge is 0.344 e. The van der Waals surface area contributed by atoms with E-state index in [1.165, 1.54) is 11.8 Å². The van der Waals surface area contributed by atoms with Gasteiger partial charge in [0.25, 0.3) is 5.91 Å². The second kappa shape index (κ2) is 8.94. The number of carbonyl (C=O) groups excluding carboxylic acids is 3. The summed E-state index contributed by atoms with van der Waals surface area (Å²) in [5.41, 5.74) is 2.84. The van der Waals surface area contributed by atoms with Crippen molar-refractivity contribution < 1.29 is 14.4 Å². The molecular formula is C24H24N6O3S. The SMILES string of the molecule is CC[C@@]1(c2ccccc2)NC(=O)N(NC(=O)CSc2nc(C3CC3)n(-c3ccccc3)n2)C1=O. The number of para-hydroxylation sites is 1.